The van der Waals surface area contributed by atoms with Gasteiger partial charge < -0.3 is 11.1 Å². The maximum absolute atomic E-state index is 14.3. The van der Waals surface area contributed by atoms with Crippen LogP contribution >= 0.6 is 12.2 Å². The molecule has 0 amide bonds. The molecule has 2 rings (SSSR count). The fourth-order valence-corrected chi connectivity index (χ4v) is 2.30. The van der Waals surface area contributed by atoms with E-state index in [1.54, 1.807) is 0 Å². The summed E-state index contributed by atoms with van der Waals surface area (Å²) in [6.45, 7) is 13.0. The third-order valence-electron chi connectivity index (χ3n) is 3.37. The molecule has 0 aliphatic rings. The van der Waals surface area contributed by atoms with Gasteiger partial charge in [-0.3, -0.25) is 4.79 Å². The van der Waals surface area contributed by atoms with Crippen LogP contribution in [0.4, 0.5) is 23.2 Å². The Balaban J connectivity index is 0. The summed E-state index contributed by atoms with van der Waals surface area (Å²) in [6, 6.07) is 2.19. The van der Waals surface area contributed by atoms with Gasteiger partial charge in [-0.2, -0.15) is 23.0 Å². The molecule has 1 aromatic carbocycles. The van der Waals surface area contributed by atoms with Crippen LogP contribution in [0.2, 0.25) is 0 Å². The minimum absolute atomic E-state index is 0.0753. The van der Waals surface area contributed by atoms with Gasteiger partial charge in [0, 0.05) is 23.9 Å². The lowest BCUT2D eigenvalue weighted by Crippen LogP contribution is -2.28. The van der Waals surface area contributed by atoms with Gasteiger partial charge in [-0.15, -0.1) is 0 Å². The molecule has 0 bridgehead atoms. The van der Waals surface area contributed by atoms with Gasteiger partial charge in [0.25, 0.3) is 5.56 Å². The van der Waals surface area contributed by atoms with Crippen LogP contribution in [0.25, 0.3) is 5.69 Å². The third kappa shape index (κ3) is 7.08. The van der Waals surface area contributed by atoms with Gasteiger partial charge in [-0.05, 0) is 19.1 Å². The van der Waals surface area contributed by atoms with Crippen molar-refractivity contribution < 1.29 is 17.6 Å². The standard InChI is InChI=1S/C14H12F4N4OS.3C2H6/c1-6-8(14(16,17)18)5-21-22(13(6)23)11-4-10(20-2)7(12(19)24)3-9(11)15;3*1-2/h3-5,20H,1-2H3,(H2,19,24);3*1-2H3. The van der Waals surface area contributed by atoms with Crippen molar-refractivity contribution in [3.05, 3.63) is 51.2 Å². The molecule has 0 saturated heterocycles. The lowest BCUT2D eigenvalue weighted by atomic mass is 10.1. The number of nitrogens with one attached hydrogen (secondary N) is 1. The number of rotatable bonds is 3. The largest absolute Gasteiger partial charge is 0.418 e. The molecule has 0 aliphatic carbocycles. The molecule has 10 heteroatoms. The molecular formula is C20H30F4N4OS. The summed E-state index contributed by atoms with van der Waals surface area (Å²) >= 11 is 4.80. The number of nitrogens with two attached hydrogens (primary N) is 1. The van der Waals surface area contributed by atoms with Crippen LogP contribution in [0.1, 0.15) is 58.2 Å². The monoisotopic (exact) mass is 450 g/mol. The minimum atomic E-state index is -4.72. The molecule has 0 aliphatic heterocycles. The number of nitrogens with zero attached hydrogens (tertiary/aromatic N) is 2. The Hall–Kier alpha value is -2.49. The first kappa shape index (κ1) is 29.7. The van der Waals surface area contributed by atoms with E-state index >= 15 is 0 Å². The Morgan fingerprint density at radius 1 is 1.13 bits per heavy atom. The lowest BCUT2D eigenvalue weighted by Gasteiger charge is -2.14. The number of hydrogen-bond donors (Lipinski definition) is 2. The van der Waals surface area contributed by atoms with E-state index in [1.165, 1.54) is 13.1 Å². The van der Waals surface area contributed by atoms with Crippen molar-refractivity contribution in [2.24, 2.45) is 5.73 Å². The summed E-state index contributed by atoms with van der Waals surface area (Å²) < 4.78 is 53.3. The normalized spacial score (nSPS) is 9.73. The van der Waals surface area contributed by atoms with Crippen molar-refractivity contribution in [1.29, 1.82) is 0 Å². The fourth-order valence-electron chi connectivity index (χ4n) is 2.13. The predicted octanol–water partition coefficient (Wildman–Crippen LogP) is 5.45. The third-order valence-corrected chi connectivity index (χ3v) is 3.59. The highest BCUT2D eigenvalue weighted by Gasteiger charge is 2.34. The molecule has 0 atom stereocenters. The zero-order valence-corrected chi connectivity index (χ0v) is 19.3. The number of anilines is 1. The summed E-state index contributed by atoms with van der Waals surface area (Å²) in [4.78, 5) is 12.1. The van der Waals surface area contributed by atoms with E-state index in [0.29, 0.717) is 16.6 Å². The quantitative estimate of drug-likeness (QED) is 0.480. The van der Waals surface area contributed by atoms with Crippen molar-refractivity contribution in [2.45, 2.75) is 54.6 Å². The number of aromatic nitrogens is 2. The van der Waals surface area contributed by atoms with E-state index in [9.17, 15) is 22.4 Å². The highest BCUT2D eigenvalue weighted by atomic mass is 32.1. The van der Waals surface area contributed by atoms with Crippen LogP contribution in [-0.4, -0.2) is 21.8 Å². The topological polar surface area (TPSA) is 72.9 Å². The van der Waals surface area contributed by atoms with Crippen molar-refractivity contribution in [1.82, 2.24) is 9.78 Å². The number of alkyl halides is 3. The van der Waals surface area contributed by atoms with E-state index in [4.69, 9.17) is 18.0 Å². The van der Waals surface area contributed by atoms with Gasteiger partial charge >= 0.3 is 6.18 Å². The number of hydrogen-bond acceptors (Lipinski definition) is 4. The molecule has 1 aromatic heterocycles. The average molecular weight is 451 g/mol. The smallest absolute Gasteiger partial charge is 0.389 e. The summed E-state index contributed by atoms with van der Waals surface area (Å²) in [6.07, 6.45) is -4.24. The van der Waals surface area contributed by atoms with Crippen LogP contribution in [0, 0.1) is 12.7 Å². The van der Waals surface area contributed by atoms with Crippen LogP contribution in [0.15, 0.2) is 23.1 Å². The zero-order valence-electron chi connectivity index (χ0n) is 18.5. The van der Waals surface area contributed by atoms with Gasteiger partial charge in [0.2, 0.25) is 0 Å². The maximum Gasteiger partial charge on any atom is 0.418 e. The second kappa shape index (κ2) is 13.7. The number of thiocarbonyl (C=S) groups is 1. The highest BCUT2D eigenvalue weighted by Crippen LogP contribution is 2.30. The Kier molecular flexibility index (Phi) is 13.5. The maximum atomic E-state index is 14.3. The van der Waals surface area contributed by atoms with Crippen molar-refractivity contribution >= 4 is 22.9 Å². The molecule has 0 saturated carbocycles. The molecule has 0 unspecified atom stereocenters. The fraction of sp³-hybridized carbons (Fsp3) is 0.450. The molecule has 1 heterocycles. The molecule has 0 fully saturated rings. The summed E-state index contributed by atoms with van der Waals surface area (Å²) in [5, 5.41) is 6.17. The summed E-state index contributed by atoms with van der Waals surface area (Å²) in [5.41, 5.74) is 2.85. The van der Waals surface area contributed by atoms with E-state index in [1.807, 2.05) is 41.5 Å². The first-order valence-corrected chi connectivity index (χ1v) is 9.96. The molecule has 3 N–H and O–H groups in total. The molecule has 30 heavy (non-hydrogen) atoms. The predicted molar refractivity (Wildman–Crippen MR) is 119 cm³/mol. The van der Waals surface area contributed by atoms with E-state index < -0.39 is 28.7 Å². The van der Waals surface area contributed by atoms with Crippen LogP contribution in [0.5, 0.6) is 0 Å². The summed E-state index contributed by atoms with van der Waals surface area (Å²) in [7, 11) is 1.52. The Labute approximate surface area is 180 Å². The second-order valence-corrected chi connectivity index (χ2v) is 5.30. The van der Waals surface area contributed by atoms with Crippen LogP contribution < -0.4 is 16.6 Å². The van der Waals surface area contributed by atoms with Crippen molar-refractivity contribution in [3.8, 4) is 5.69 Å². The minimum Gasteiger partial charge on any atom is -0.389 e. The van der Waals surface area contributed by atoms with Gasteiger partial charge in [0.15, 0.2) is 0 Å². The Morgan fingerprint density at radius 3 is 2.03 bits per heavy atom. The zero-order chi connectivity index (χ0) is 24.2. The van der Waals surface area contributed by atoms with Gasteiger partial charge in [-0.25, -0.2) is 4.39 Å². The molecule has 170 valence electrons. The molecule has 0 radical (unpaired) electrons. The van der Waals surface area contributed by atoms with Crippen LogP contribution in [-0.2, 0) is 6.18 Å². The first-order chi connectivity index (χ1) is 14.1. The Bertz CT molecular complexity index is 880. The highest BCUT2D eigenvalue weighted by molar-refractivity contribution is 7.80. The van der Waals surface area contributed by atoms with E-state index in [0.717, 1.165) is 13.0 Å². The molecule has 2 aromatic rings. The number of benzene rings is 1. The molecular weight excluding hydrogens is 420 g/mol. The van der Waals surface area contributed by atoms with Gasteiger partial charge in [0.1, 0.15) is 16.5 Å². The first-order valence-electron chi connectivity index (χ1n) is 9.55. The van der Waals surface area contributed by atoms with Gasteiger partial charge in [-0.1, -0.05) is 53.8 Å². The van der Waals surface area contributed by atoms with Crippen molar-refractivity contribution in [3.63, 3.8) is 0 Å². The van der Waals surface area contributed by atoms with Gasteiger partial charge in [0.05, 0.1) is 11.8 Å². The summed E-state index contributed by atoms with van der Waals surface area (Å²) in [5.74, 6) is -0.898. The molecule has 0 spiro atoms. The average Bonchev–Trinajstić information content (AvgIpc) is 2.73. The van der Waals surface area contributed by atoms with Crippen molar-refractivity contribution in [2.75, 3.05) is 12.4 Å². The second-order valence-electron chi connectivity index (χ2n) is 4.86. The molecule has 5 nitrogen and oxygen atoms in total. The number of halogens is 4. The SMILES string of the molecule is CC.CC.CC.CNc1cc(-n2ncc(C(F)(F)F)c(C)c2=O)c(F)cc1C(N)=S. The van der Waals surface area contributed by atoms with Crippen LogP contribution in [0.3, 0.4) is 0 Å². The lowest BCUT2D eigenvalue weighted by molar-refractivity contribution is -0.138. The van der Waals surface area contributed by atoms with E-state index in [-0.39, 0.29) is 16.2 Å². The van der Waals surface area contributed by atoms with E-state index in [2.05, 4.69) is 10.4 Å². The Morgan fingerprint density at radius 2 is 1.63 bits per heavy atom.